The fourth-order valence-corrected chi connectivity index (χ4v) is 4.10. The largest absolute Gasteiger partial charge is 0.486 e. The van der Waals surface area contributed by atoms with Crippen LogP contribution in [0.15, 0.2) is 47.5 Å². The Balaban J connectivity index is 1.29. The van der Waals surface area contributed by atoms with E-state index in [4.69, 9.17) is 21.1 Å². The zero-order valence-electron chi connectivity index (χ0n) is 16.7. The van der Waals surface area contributed by atoms with Crippen molar-refractivity contribution in [3.63, 3.8) is 0 Å². The number of rotatable bonds is 4. The number of fused-ring (bicyclic) bond motifs is 4. The van der Waals surface area contributed by atoms with Gasteiger partial charge in [0.25, 0.3) is 0 Å². The highest BCUT2D eigenvalue weighted by molar-refractivity contribution is 6.31. The van der Waals surface area contributed by atoms with Crippen molar-refractivity contribution in [3.8, 4) is 11.5 Å². The molecule has 3 aliphatic rings. The first-order chi connectivity index (χ1) is 15.1. The first-order valence-corrected chi connectivity index (χ1v) is 10.6. The number of amides is 3. The van der Waals surface area contributed by atoms with Crippen LogP contribution in [-0.4, -0.2) is 61.6 Å². The number of nitrogens with zero attached hydrogens (tertiary/aromatic N) is 3. The number of hydrogen-bond acceptors (Lipinski definition) is 5. The Bertz CT molecular complexity index is 1070. The number of aliphatic imine (C=N–C) groups is 1. The summed E-state index contributed by atoms with van der Waals surface area (Å²) in [6.07, 6.45) is 0.483. The van der Waals surface area contributed by atoms with E-state index in [0.29, 0.717) is 47.7 Å². The summed E-state index contributed by atoms with van der Waals surface area (Å²) in [5.74, 6) is 1.70. The summed E-state index contributed by atoms with van der Waals surface area (Å²) in [5.41, 5.74) is 1.40. The molecule has 5 rings (SSSR count). The molecule has 160 valence electrons. The van der Waals surface area contributed by atoms with E-state index in [9.17, 15) is 9.59 Å². The predicted octanol–water partition coefficient (Wildman–Crippen LogP) is 2.69. The molecule has 0 aromatic heterocycles. The summed E-state index contributed by atoms with van der Waals surface area (Å²) >= 11 is 6.18. The lowest BCUT2D eigenvalue weighted by Crippen LogP contribution is -2.55. The number of ether oxygens (including phenoxy) is 2. The van der Waals surface area contributed by atoms with E-state index in [1.54, 1.807) is 17.0 Å². The van der Waals surface area contributed by atoms with E-state index >= 15 is 0 Å². The number of carbonyl (C=O) groups is 2. The number of para-hydroxylation sites is 2. The fraction of sp³-hybridized carbons (Fsp3) is 0.318. The second-order valence-electron chi connectivity index (χ2n) is 7.54. The van der Waals surface area contributed by atoms with Crippen molar-refractivity contribution in [2.24, 2.45) is 4.99 Å². The second kappa shape index (κ2) is 8.11. The minimum absolute atomic E-state index is 0.125. The molecule has 0 saturated carbocycles. The molecule has 3 heterocycles. The van der Waals surface area contributed by atoms with Crippen molar-refractivity contribution in [2.45, 2.75) is 12.5 Å². The molecule has 0 unspecified atom stereocenters. The minimum atomic E-state index is -0.307. The molecule has 0 saturated heterocycles. The van der Waals surface area contributed by atoms with Gasteiger partial charge in [-0.1, -0.05) is 23.7 Å². The predicted molar refractivity (Wildman–Crippen MR) is 116 cm³/mol. The van der Waals surface area contributed by atoms with Crippen molar-refractivity contribution in [1.82, 2.24) is 10.2 Å². The molecule has 2 aromatic carbocycles. The number of carbonyl (C=O) groups excluding carboxylic acids is 2. The van der Waals surface area contributed by atoms with Gasteiger partial charge in [0.15, 0.2) is 11.5 Å². The van der Waals surface area contributed by atoms with Crippen LogP contribution >= 0.6 is 11.6 Å². The van der Waals surface area contributed by atoms with Crippen LogP contribution in [0, 0.1) is 0 Å². The fourth-order valence-electron chi connectivity index (χ4n) is 3.93. The summed E-state index contributed by atoms with van der Waals surface area (Å²) in [5, 5.41) is 3.34. The summed E-state index contributed by atoms with van der Waals surface area (Å²) in [4.78, 5) is 33.4. The van der Waals surface area contributed by atoms with Gasteiger partial charge in [0.2, 0.25) is 5.91 Å². The van der Waals surface area contributed by atoms with Crippen LogP contribution in [0.5, 0.6) is 11.5 Å². The average Bonchev–Trinajstić information content (AvgIpc) is 2.80. The lowest BCUT2D eigenvalue weighted by Gasteiger charge is -2.39. The van der Waals surface area contributed by atoms with Crippen molar-refractivity contribution >= 4 is 35.1 Å². The Morgan fingerprint density at radius 3 is 2.94 bits per heavy atom. The molecule has 0 bridgehead atoms. The molecule has 0 fully saturated rings. The number of anilines is 1. The molecule has 0 spiro atoms. The molecular formula is C22H21ClN4O4. The first kappa shape index (κ1) is 19.7. The Kier molecular flexibility index (Phi) is 5.15. The molecule has 8 nitrogen and oxygen atoms in total. The molecule has 1 N–H and O–H groups in total. The van der Waals surface area contributed by atoms with Crippen LogP contribution in [0.1, 0.15) is 12.0 Å². The van der Waals surface area contributed by atoms with E-state index in [1.807, 2.05) is 30.3 Å². The molecule has 3 aliphatic heterocycles. The number of amidine groups is 1. The Hall–Kier alpha value is -3.26. The van der Waals surface area contributed by atoms with Gasteiger partial charge in [0.05, 0.1) is 12.2 Å². The summed E-state index contributed by atoms with van der Waals surface area (Å²) in [7, 11) is 0. The van der Waals surface area contributed by atoms with E-state index in [0.717, 1.165) is 12.0 Å². The van der Waals surface area contributed by atoms with Gasteiger partial charge in [-0.3, -0.25) is 19.6 Å². The van der Waals surface area contributed by atoms with Gasteiger partial charge in [-0.25, -0.2) is 4.79 Å². The maximum Gasteiger partial charge on any atom is 0.330 e. The van der Waals surface area contributed by atoms with Gasteiger partial charge in [-0.15, -0.1) is 0 Å². The molecule has 0 radical (unpaired) electrons. The normalized spacial score (nSPS) is 19.3. The molecule has 2 aromatic rings. The van der Waals surface area contributed by atoms with Gasteiger partial charge in [0, 0.05) is 23.7 Å². The maximum atomic E-state index is 13.1. The molecule has 3 amide bonds. The number of nitrogens with one attached hydrogen (secondary N) is 1. The first-order valence-electron chi connectivity index (χ1n) is 10.2. The highest BCUT2D eigenvalue weighted by Gasteiger charge is 2.37. The third-order valence-corrected chi connectivity index (χ3v) is 5.64. The highest BCUT2D eigenvalue weighted by atomic mass is 35.5. The van der Waals surface area contributed by atoms with Crippen molar-refractivity contribution < 1.29 is 19.1 Å². The average molecular weight is 441 g/mol. The van der Waals surface area contributed by atoms with E-state index in [2.05, 4.69) is 10.3 Å². The second-order valence-corrected chi connectivity index (χ2v) is 7.98. The minimum Gasteiger partial charge on any atom is -0.486 e. The van der Waals surface area contributed by atoms with E-state index in [-0.39, 0.29) is 31.1 Å². The lowest BCUT2D eigenvalue weighted by atomic mass is 10.1. The monoisotopic (exact) mass is 440 g/mol. The summed E-state index contributed by atoms with van der Waals surface area (Å²) in [6.45, 7) is 1.74. The van der Waals surface area contributed by atoms with Crippen LogP contribution in [0.3, 0.4) is 0 Å². The van der Waals surface area contributed by atoms with Gasteiger partial charge in [-0.05, 0) is 36.8 Å². The Morgan fingerprint density at radius 2 is 2.06 bits per heavy atom. The standard InChI is InChI=1S/C22H21ClN4O4/c23-14-6-7-16-17(10-14)27(22(29)26-9-3-8-24-21(16)26)12-20(28)25-11-15-13-30-18-4-1-2-5-19(18)31-15/h1-2,4-7,10,15H,3,8-9,11-13H2,(H,25,28)/t15-/m0/s1. The van der Waals surface area contributed by atoms with Crippen LogP contribution < -0.4 is 19.7 Å². The molecule has 31 heavy (non-hydrogen) atoms. The SMILES string of the molecule is O=C(CN1C(=O)N2CCCN=C2c2ccc(Cl)cc21)NC[C@H]1COc2ccccc2O1. The number of urea groups is 1. The van der Waals surface area contributed by atoms with Crippen LogP contribution in [0.25, 0.3) is 0 Å². The van der Waals surface area contributed by atoms with Crippen LogP contribution in [0.2, 0.25) is 5.02 Å². The van der Waals surface area contributed by atoms with Crippen molar-refractivity contribution in [1.29, 1.82) is 0 Å². The third kappa shape index (κ3) is 3.79. The Labute approximate surface area is 184 Å². The zero-order chi connectivity index (χ0) is 21.4. The molecule has 1 atom stereocenters. The van der Waals surface area contributed by atoms with Gasteiger partial charge in [-0.2, -0.15) is 0 Å². The molecule has 0 aliphatic carbocycles. The Morgan fingerprint density at radius 1 is 1.23 bits per heavy atom. The van der Waals surface area contributed by atoms with Crippen LogP contribution in [0.4, 0.5) is 10.5 Å². The highest BCUT2D eigenvalue weighted by Crippen LogP contribution is 2.33. The number of halogens is 1. The zero-order valence-corrected chi connectivity index (χ0v) is 17.5. The van der Waals surface area contributed by atoms with Crippen molar-refractivity contribution in [3.05, 3.63) is 53.1 Å². The number of hydrogen-bond donors (Lipinski definition) is 1. The lowest BCUT2D eigenvalue weighted by molar-refractivity contribution is -0.120. The van der Waals surface area contributed by atoms with E-state index in [1.165, 1.54) is 4.90 Å². The van der Waals surface area contributed by atoms with Gasteiger partial charge >= 0.3 is 6.03 Å². The van der Waals surface area contributed by atoms with Crippen molar-refractivity contribution in [2.75, 3.05) is 37.7 Å². The molecular weight excluding hydrogens is 420 g/mol. The van der Waals surface area contributed by atoms with E-state index < -0.39 is 0 Å². The van der Waals surface area contributed by atoms with Crippen LogP contribution in [-0.2, 0) is 4.79 Å². The number of benzene rings is 2. The maximum absolute atomic E-state index is 13.1. The third-order valence-electron chi connectivity index (χ3n) is 5.41. The molecule has 9 heteroatoms. The topological polar surface area (TPSA) is 83.5 Å². The van der Waals surface area contributed by atoms with Gasteiger partial charge < -0.3 is 14.8 Å². The van der Waals surface area contributed by atoms with Gasteiger partial charge in [0.1, 0.15) is 25.1 Å². The summed E-state index contributed by atoms with van der Waals surface area (Å²) in [6, 6.07) is 12.5. The quantitative estimate of drug-likeness (QED) is 0.792. The smallest absolute Gasteiger partial charge is 0.330 e. The summed E-state index contributed by atoms with van der Waals surface area (Å²) < 4.78 is 11.6.